The third-order valence-electron chi connectivity index (χ3n) is 4.18. The zero-order valence-electron chi connectivity index (χ0n) is 12.7. The van der Waals surface area contributed by atoms with Gasteiger partial charge in [0.05, 0.1) is 19.7 Å². The molecule has 0 radical (unpaired) electrons. The first-order chi connectivity index (χ1) is 11.0. The number of Topliss-reactive ketones (excluding diaryl/α,β-unsaturated/α-hetero) is 1. The number of hydrogen-bond donors (Lipinski definition) is 2. The lowest BCUT2D eigenvalue weighted by Gasteiger charge is -2.14. The summed E-state index contributed by atoms with van der Waals surface area (Å²) in [6, 6.07) is 5.19. The lowest BCUT2D eigenvalue weighted by Crippen LogP contribution is -2.33. The van der Waals surface area contributed by atoms with Gasteiger partial charge in [0, 0.05) is 24.1 Å². The smallest absolute Gasteiger partial charge is 0.414 e. The normalized spacial score (nSPS) is 23.0. The molecule has 0 saturated carbocycles. The fourth-order valence-electron chi connectivity index (χ4n) is 2.98. The number of benzene rings is 1. The first kappa shape index (κ1) is 15.5. The summed E-state index contributed by atoms with van der Waals surface area (Å²) in [5, 5.41) is 11.9. The van der Waals surface area contributed by atoms with Gasteiger partial charge in [-0.1, -0.05) is 0 Å². The van der Waals surface area contributed by atoms with Crippen LogP contribution >= 0.6 is 0 Å². The van der Waals surface area contributed by atoms with Crippen molar-refractivity contribution in [3.05, 3.63) is 29.3 Å². The van der Waals surface area contributed by atoms with Gasteiger partial charge in [0.1, 0.15) is 6.10 Å². The average molecular weight is 318 g/mol. The van der Waals surface area contributed by atoms with Crippen LogP contribution in [0.25, 0.3) is 0 Å². The van der Waals surface area contributed by atoms with E-state index in [-0.39, 0.29) is 24.8 Å². The Bertz CT molecular complexity index is 672. The third kappa shape index (κ3) is 2.92. The molecule has 1 fully saturated rings. The quantitative estimate of drug-likeness (QED) is 0.842. The second kappa shape index (κ2) is 6.00. The van der Waals surface area contributed by atoms with Crippen molar-refractivity contribution in [2.24, 2.45) is 5.92 Å². The molecule has 1 saturated heterocycles. The highest BCUT2D eigenvalue weighted by Crippen LogP contribution is 2.31. The van der Waals surface area contributed by atoms with Gasteiger partial charge in [-0.3, -0.25) is 14.5 Å². The van der Waals surface area contributed by atoms with Crippen LogP contribution in [0.4, 0.5) is 10.5 Å². The van der Waals surface area contributed by atoms with Gasteiger partial charge in [0.25, 0.3) is 0 Å². The van der Waals surface area contributed by atoms with E-state index in [0.29, 0.717) is 24.2 Å². The van der Waals surface area contributed by atoms with E-state index in [1.807, 2.05) is 0 Å². The van der Waals surface area contributed by atoms with E-state index >= 15 is 0 Å². The summed E-state index contributed by atoms with van der Waals surface area (Å²) < 4.78 is 5.23. The first-order valence-electron chi connectivity index (χ1n) is 7.50. The first-order valence-corrected chi connectivity index (χ1v) is 7.50. The number of ketones is 1. The molecule has 1 aromatic carbocycles. The molecule has 0 spiro atoms. The van der Waals surface area contributed by atoms with Crippen LogP contribution in [-0.4, -0.2) is 48.7 Å². The highest BCUT2D eigenvalue weighted by Gasteiger charge is 2.35. The maximum absolute atomic E-state index is 12.0. The summed E-state index contributed by atoms with van der Waals surface area (Å²) in [5.74, 6) is -0.620. The van der Waals surface area contributed by atoms with Gasteiger partial charge in [0.15, 0.2) is 5.78 Å². The van der Waals surface area contributed by atoms with Gasteiger partial charge >= 0.3 is 6.09 Å². The number of aliphatic hydroxyl groups is 1. The van der Waals surface area contributed by atoms with Gasteiger partial charge in [-0.25, -0.2) is 4.79 Å². The molecule has 0 bridgehead atoms. The molecule has 2 atom stereocenters. The Kier molecular flexibility index (Phi) is 4.04. The Labute approximate surface area is 133 Å². The summed E-state index contributed by atoms with van der Waals surface area (Å²) in [6.07, 6.45) is -0.383. The van der Waals surface area contributed by atoms with Gasteiger partial charge in [-0.2, -0.15) is 0 Å². The zero-order valence-corrected chi connectivity index (χ0v) is 12.7. The summed E-state index contributed by atoms with van der Waals surface area (Å²) in [4.78, 5) is 36.4. The molecule has 3 rings (SSSR count). The van der Waals surface area contributed by atoms with E-state index in [1.165, 1.54) is 11.8 Å². The number of nitrogens with one attached hydrogen (secondary N) is 1. The molecule has 2 unspecified atom stereocenters. The van der Waals surface area contributed by atoms with Crippen molar-refractivity contribution in [1.82, 2.24) is 5.32 Å². The van der Waals surface area contributed by atoms with Crippen LogP contribution in [-0.2, 0) is 16.0 Å². The van der Waals surface area contributed by atoms with Crippen molar-refractivity contribution in [1.29, 1.82) is 0 Å². The van der Waals surface area contributed by atoms with Crippen molar-refractivity contribution in [2.75, 3.05) is 24.6 Å². The second-order valence-electron chi connectivity index (χ2n) is 5.84. The van der Waals surface area contributed by atoms with Crippen LogP contribution in [0.5, 0.6) is 0 Å². The maximum atomic E-state index is 12.0. The van der Waals surface area contributed by atoms with Gasteiger partial charge in [-0.05, 0) is 30.2 Å². The topological polar surface area (TPSA) is 95.9 Å². The van der Waals surface area contributed by atoms with Crippen LogP contribution in [0, 0.1) is 5.92 Å². The SMILES string of the molecule is CC(=O)NCC1CN(c2ccc3c(c2)CC(CO)C3=O)C(=O)O1. The van der Waals surface area contributed by atoms with E-state index in [1.54, 1.807) is 18.2 Å². The summed E-state index contributed by atoms with van der Waals surface area (Å²) in [7, 11) is 0. The summed E-state index contributed by atoms with van der Waals surface area (Å²) in [5.41, 5.74) is 2.10. The zero-order chi connectivity index (χ0) is 16.6. The van der Waals surface area contributed by atoms with Gasteiger partial charge in [0.2, 0.25) is 5.91 Å². The minimum atomic E-state index is -0.469. The number of ether oxygens (including phenoxy) is 1. The predicted molar refractivity (Wildman–Crippen MR) is 81.4 cm³/mol. The molecule has 1 aliphatic carbocycles. The van der Waals surface area contributed by atoms with Crippen LogP contribution in [0.15, 0.2) is 18.2 Å². The Morgan fingerprint density at radius 3 is 2.91 bits per heavy atom. The largest absolute Gasteiger partial charge is 0.442 e. The second-order valence-corrected chi connectivity index (χ2v) is 5.84. The molecule has 2 amide bonds. The van der Waals surface area contributed by atoms with E-state index < -0.39 is 18.1 Å². The summed E-state index contributed by atoms with van der Waals surface area (Å²) in [6.45, 7) is 1.85. The molecule has 2 N–H and O–H groups in total. The number of hydrogen-bond acceptors (Lipinski definition) is 5. The highest BCUT2D eigenvalue weighted by atomic mass is 16.6. The molecule has 7 nitrogen and oxygen atoms in total. The molecule has 7 heteroatoms. The Morgan fingerprint density at radius 2 is 2.22 bits per heavy atom. The van der Waals surface area contributed by atoms with E-state index in [9.17, 15) is 19.5 Å². The third-order valence-corrected chi connectivity index (χ3v) is 4.18. The molecule has 0 aromatic heterocycles. The van der Waals surface area contributed by atoms with Gasteiger partial charge in [-0.15, -0.1) is 0 Å². The minimum Gasteiger partial charge on any atom is -0.442 e. The molecule has 23 heavy (non-hydrogen) atoms. The van der Waals surface area contributed by atoms with E-state index in [4.69, 9.17) is 4.74 Å². The van der Waals surface area contributed by atoms with E-state index in [2.05, 4.69) is 5.32 Å². The van der Waals surface area contributed by atoms with Crippen LogP contribution in [0.1, 0.15) is 22.8 Å². The van der Waals surface area contributed by atoms with Crippen molar-refractivity contribution in [3.63, 3.8) is 0 Å². The molecule has 2 aliphatic rings. The number of anilines is 1. The molecular formula is C16H18N2O5. The highest BCUT2D eigenvalue weighted by molar-refractivity contribution is 6.03. The Morgan fingerprint density at radius 1 is 1.43 bits per heavy atom. The van der Waals surface area contributed by atoms with Gasteiger partial charge < -0.3 is 15.2 Å². The Balaban J connectivity index is 1.75. The number of carbonyl (C=O) groups is 3. The number of amides is 2. The van der Waals surface area contributed by atoms with Crippen molar-refractivity contribution >= 4 is 23.5 Å². The molecular weight excluding hydrogens is 300 g/mol. The standard InChI is InChI=1S/C16H18N2O5/c1-9(20)17-6-13-7-18(16(22)23-13)12-2-3-14-10(5-12)4-11(8-19)15(14)21/h2-3,5,11,13,19H,4,6-8H2,1H3,(H,17,20). The molecule has 1 heterocycles. The molecule has 1 aromatic rings. The lowest BCUT2D eigenvalue weighted by atomic mass is 10.1. The van der Waals surface area contributed by atoms with Crippen molar-refractivity contribution in [2.45, 2.75) is 19.4 Å². The van der Waals surface area contributed by atoms with Crippen molar-refractivity contribution in [3.8, 4) is 0 Å². The number of nitrogens with zero attached hydrogens (tertiary/aromatic N) is 1. The number of aliphatic hydroxyl groups excluding tert-OH is 1. The summed E-state index contributed by atoms with van der Waals surface area (Å²) >= 11 is 0. The number of rotatable bonds is 4. The maximum Gasteiger partial charge on any atom is 0.414 e. The average Bonchev–Trinajstić information content (AvgIpc) is 3.05. The number of cyclic esters (lactones) is 1. The molecule has 122 valence electrons. The number of carbonyl (C=O) groups excluding carboxylic acids is 3. The van der Waals surface area contributed by atoms with Crippen LogP contribution < -0.4 is 10.2 Å². The monoisotopic (exact) mass is 318 g/mol. The fourth-order valence-corrected chi connectivity index (χ4v) is 2.98. The number of fused-ring (bicyclic) bond motifs is 1. The molecule has 1 aliphatic heterocycles. The minimum absolute atomic E-state index is 0.0541. The van der Waals surface area contributed by atoms with E-state index in [0.717, 1.165) is 5.56 Å². The fraction of sp³-hybridized carbons (Fsp3) is 0.438. The predicted octanol–water partition coefficient (Wildman–Crippen LogP) is 0.495. The lowest BCUT2D eigenvalue weighted by molar-refractivity contribution is -0.119. The van der Waals surface area contributed by atoms with Crippen molar-refractivity contribution < 1.29 is 24.2 Å². The Hall–Kier alpha value is -2.41. The van der Waals surface area contributed by atoms with Crippen LogP contribution in [0.3, 0.4) is 0 Å². The van der Waals surface area contributed by atoms with Crippen LogP contribution in [0.2, 0.25) is 0 Å².